The molecule has 0 unspecified atom stereocenters. The summed E-state index contributed by atoms with van der Waals surface area (Å²) in [5, 5.41) is 2.67. The van der Waals surface area contributed by atoms with Gasteiger partial charge in [-0.2, -0.15) is 0 Å². The highest BCUT2D eigenvalue weighted by Crippen LogP contribution is 2.22. The molecule has 0 aliphatic rings. The van der Waals surface area contributed by atoms with Crippen molar-refractivity contribution < 1.29 is 9.53 Å². The molecule has 6 heteroatoms. The number of nitrogen functional groups attached to an aromatic ring is 1. The number of methoxy groups -OCH3 is 1. The lowest BCUT2D eigenvalue weighted by molar-refractivity contribution is 0.102. The number of rotatable bonds is 3. The lowest BCUT2D eigenvalue weighted by Crippen LogP contribution is -2.12. The maximum Gasteiger partial charge on any atom is 0.255 e. The first-order valence-electron chi connectivity index (χ1n) is 5.20. The van der Waals surface area contributed by atoms with E-state index in [1.807, 2.05) is 0 Å². The number of nitrogens with zero attached hydrogens (tertiary/aromatic N) is 2. The fourth-order valence-electron chi connectivity index (χ4n) is 1.42. The average Bonchev–Trinajstić information content (AvgIpc) is 2.40. The van der Waals surface area contributed by atoms with E-state index in [9.17, 15) is 4.79 Å². The summed E-state index contributed by atoms with van der Waals surface area (Å²) in [4.78, 5) is 19.5. The largest absolute Gasteiger partial charge is 0.495 e. The van der Waals surface area contributed by atoms with Crippen molar-refractivity contribution in [3.05, 3.63) is 42.5 Å². The van der Waals surface area contributed by atoms with Crippen LogP contribution in [0.5, 0.6) is 5.75 Å². The molecule has 0 aliphatic heterocycles. The number of benzene rings is 1. The van der Waals surface area contributed by atoms with Crippen molar-refractivity contribution in [1.82, 2.24) is 9.97 Å². The number of anilines is 2. The zero-order valence-corrected chi connectivity index (χ0v) is 9.75. The first-order valence-corrected chi connectivity index (χ1v) is 5.20. The highest BCUT2D eigenvalue weighted by Gasteiger charge is 2.09. The first-order chi connectivity index (χ1) is 8.70. The Kier molecular flexibility index (Phi) is 3.38. The summed E-state index contributed by atoms with van der Waals surface area (Å²) in [5.41, 5.74) is 7.13. The molecule has 0 aliphatic carbocycles. The molecule has 2 rings (SSSR count). The molecule has 3 N–H and O–H groups in total. The second-order valence-corrected chi connectivity index (χ2v) is 3.54. The summed E-state index contributed by atoms with van der Waals surface area (Å²) in [7, 11) is 1.50. The van der Waals surface area contributed by atoms with E-state index in [-0.39, 0.29) is 5.91 Å². The average molecular weight is 244 g/mol. The molecule has 0 atom stereocenters. The van der Waals surface area contributed by atoms with E-state index < -0.39 is 0 Å². The number of nitrogens with one attached hydrogen (secondary N) is 1. The Morgan fingerprint density at radius 2 is 2.06 bits per heavy atom. The van der Waals surface area contributed by atoms with Crippen molar-refractivity contribution in [3.63, 3.8) is 0 Å². The second-order valence-electron chi connectivity index (χ2n) is 3.54. The maximum atomic E-state index is 11.9. The Morgan fingerprint density at radius 1 is 1.33 bits per heavy atom. The highest BCUT2D eigenvalue weighted by atomic mass is 16.5. The molecule has 1 aromatic heterocycles. The Hall–Kier alpha value is -2.63. The van der Waals surface area contributed by atoms with Crippen LogP contribution in [0.4, 0.5) is 11.4 Å². The zero-order chi connectivity index (χ0) is 13.0. The van der Waals surface area contributed by atoms with Crippen molar-refractivity contribution in [1.29, 1.82) is 0 Å². The summed E-state index contributed by atoms with van der Waals surface area (Å²) < 4.78 is 5.06. The second kappa shape index (κ2) is 5.13. The molecule has 0 saturated carbocycles. The fraction of sp³-hybridized carbons (Fsp3) is 0.0833. The lowest BCUT2D eigenvalue weighted by atomic mass is 10.2. The van der Waals surface area contributed by atoms with Crippen LogP contribution in [0, 0.1) is 0 Å². The van der Waals surface area contributed by atoms with Crippen molar-refractivity contribution in [2.24, 2.45) is 0 Å². The number of ether oxygens (including phenoxy) is 1. The number of hydrogen-bond donors (Lipinski definition) is 2. The molecule has 0 saturated heterocycles. The summed E-state index contributed by atoms with van der Waals surface area (Å²) >= 11 is 0. The van der Waals surface area contributed by atoms with Gasteiger partial charge in [-0.3, -0.25) is 4.79 Å². The van der Waals surface area contributed by atoms with Crippen molar-refractivity contribution in [2.45, 2.75) is 0 Å². The number of nitrogens with two attached hydrogens (primary N) is 1. The van der Waals surface area contributed by atoms with E-state index >= 15 is 0 Å². The van der Waals surface area contributed by atoms with Crippen LogP contribution in [-0.2, 0) is 0 Å². The van der Waals surface area contributed by atoms with E-state index in [2.05, 4.69) is 15.3 Å². The monoisotopic (exact) mass is 244 g/mol. The number of carbonyl (C=O) groups excluding carboxylic acids is 1. The summed E-state index contributed by atoms with van der Waals surface area (Å²) in [5.74, 6) is 0.190. The van der Waals surface area contributed by atoms with Gasteiger partial charge in [-0.25, -0.2) is 9.97 Å². The van der Waals surface area contributed by atoms with Gasteiger partial charge in [0.25, 0.3) is 5.91 Å². The Morgan fingerprint density at radius 3 is 2.72 bits per heavy atom. The molecule has 0 fully saturated rings. The predicted molar refractivity (Wildman–Crippen MR) is 67.4 cm³/mol. The van der Waals surface area contributed by atoms with Gasteiger partial charge in [0, 0.05) is 5.56 Å². The standard InChI is InChI=1S/C12H12N4O2/c1-18-11-4-8(2-3-10(11)13)12(17)16-9-5-14-7-15-6-9/h2-7H,13H2,1H3,(H,16,17). The number of carbonyl (C=O) groups is 1. The van der Waals surface area contributed by atoms with Gasteiger partial charge in [-0.05, 0) is 18.2 Å². The third kappa shape index (κ3) is 2.54. The van der Waals surface area contributed by atoms with E-state index in [1.165, 1.54) is 25.8 Å². The quantitative estimate of drug-likeness (QED) is 0.795. The van der Waals surface area contributed by atoms with E-state index in [0.717, 1.165) is 0 Å². The normalized spacial score (nSPS) is 9.83. The molecule has 1 heterocycles. The van der Waals surface area contributed by atoms with Crippen molar-refractivity contribution in [3.8, 4) is 5.75 Å². The Bertz CT molecular complexity index is 557. The maximum absolute atomic E-state index is 11.9. The van der Waals surface area contributed by atoms with Crippen molar-refractivity contribution >= 4 is 17.3 Å². The molecule has 0 radical (unpaired) electrons. The smallest absolute Gasteiger partial charge is 0.255 e. The van der Waals surface area contributed by atoms with Crippen LogP contribution in [0.1, 0.15) is 10.4 Å². The van der Waals surface area contributed by atoms with Gasteiger partial charge in [0.1, 0.15) is 12.1 Å². The van der Waals surface area contributed by atoms with Gasteiger partial charge in [-0.15, -0.1) is 0 Å². The minimum Gasteiger partial charge on any atom is -0.495 e. The van der Waals surface area contributed by atoms with E-state index in [1.54, 1.807) is 18.2 Å². The van der Waals surface area contributed by atoms with Gasteiger partial charge >= 0.3 is 0 Å². The summed E-state index contributed by atoms with van der Waals surface area (Å²) in [6, 6.07) is 4.82. The summed E-state index contributed by atoms with van der Waals surface area (Å²) in [6.07, 6.45) is 4.42. The van der Waals surface area contributed by atoms with Crippen LogP contribution in [0.2, 0.25) is 0 Å². The summed E-state index contributed by atoms with van der Waals surface area (Å²) in [6.45, 7) is 0. The van der Waals surface area contributed by atoms with Gasteiger partial charge in [0.05, 0.1) is 30.9 Å². The number of hydrogen-bond acceptors (Lipinski definition) is 5. The fourth-order valence-corrected chi connectivity index (χ4v) is 1.42. The molecule has 0 spiro atoms. The minimum absolute atomic E-state index is 0.275. The van der Waals surface area contributed by atoms with Crippen LogP contribution >= 0.6 is 0 Å². The lowest BCUT2D eigenvalue weighted by Gasteiger charge is -2.07. The Labute approximate surface area is 104 Å². The molecule has 1 amide bonds. The van der Waals surface area contributed by atoms with Gasteiger partial charge in [0.15, 0.2) is 0 Å². The topological polar surface area (TPSA) is 90.1 Å². The van der Waals surface area contributed by atoms with Crippen LogP contribution in [0.25, 0.3) is 0 Å². The van der Waals surface area contributed by atoms with E-state index in [0.29, 0.717) is 22.7 Å². The molecule has 92 valence electrons. The molecular weight excluding hydrogens is 232 g/mol. The molecule has 18 heavy (non-hydrogen) atoms. The molecule has 0 bridgehead atoms. The highest BCUT2D eigenvalue weighted by molar-refractivity contribution is 6.04. The Balaban J connectivity index is 2.19. The van der Waals surface area contributed by atoms with Crippen LogP contribution in [0.3, 0.4) is 0 Å². The molecule has 6 nitrogen and oxygen atoms in total. The number of amides is 1. The molecule has 1 aromatic carbocycles. The minimum atomic E-state index is -0.275. The number of aromatic nitrogens is 2. The predicted octanol–water partition coefficient (Wildman–Crippen LogP) is 1.32. The first kappa shape index (κ1) is 11.8. The van der Waals surface area contributed by atoms with Crippen molar-refractivity contribution in [2.75, 3.05) is 18.2 Å². The van der Waals surface area contributed by atoms with Gasteiger partial charge in [-0.1, -0.05) is 0 Å². The van der Waals surface area contributed by atoms with Gasteiger partial charge in [0.2, 0.25) is 0 Å². The molecule has 2 aromatic rings. The SMILES string of the molecule is COc1cc(C(=O)Nc2cncnc2)ccc1N. The molecular formula is C12H12N4O2. The van der Waals surface area contributed by atoms with Crippen LogP contribution < -0.4 is 15.8 Å². The third-order valence-electron chi connectivity index (χ3n) is 2.31. The van der Waals surface area contributed by atoms with E-state index in [4.69, 9.17) is 10.5 Å². The van der Waals surface area contributed by atoms with Gasteiger partial charge < -0.3 is 15.8 Å². The third-order valence-corrected chi connectivity index (χ3v) is 2.31. The zero-order valence-electron chi connectivity index (χ0n) is 9.75. The van der Waals surface area contributed by atoms with Crippen LogP contribution in [0.15, 0.2) is 36.9 Å². The van der Waals surface area contributed by atoms with Crippen LogP contribution in [-0.4, -0.2) is 23.0 Å².